The first kappa shape index (κ1) is 8.62. The van der Waals surface area contributed by atoms with Gasteiger partial charge in [0.05, 0.1) is 0 Å². The van der Waals surface area contributed by atoms with Gasteiger partial charge in [-0.2, -0.15) is 0 Å². The maximum Gasteiger partial charge on any atom is 0.135 e. The van der Waals surface area contributed by atoms with Crippen molar-refractivity contribution in [1.82, 2.24) is 0 Å². The van der Waals surface area contributed by atoms with Crippen LogP contribution in [-0.4, -0.2) is 26.6 Å². The molecule has 0 aliphatic rings. The van der Waals surface area contributed by atoms with E-state index >= 15 is 0 Å². The summed E-state index contributed by atoms with van der Waals surface area (Å²) in [4.78, 5) is 0. The molecule has 0 aromatic rings. The summed E-state index contributed by atoms with van der Waals surface area (Å²) >= 11 is 0. The highest BCUT2D eigenvalue weighted by Crippen LogP contribution is 1.95. The van der Waals surface area contributed by atoms with E-state index < -0.39 is 6.23 Å². The van der Waals surface area contributed by atoms with Crippen LogP contribution >= 0.6 is 0 Å². The molecular formula is C6H13NO2. The average Bonchev–Trinajstić information content (AvgIpc) is 1.90. The van der Waals surface area contributed by atoms with Crippen LogP contribution in [0.2, 0.25) is 0 Å². The van der Waals surface area contributed by atoms with E-state index in [1.807, 2.05) is 0 Å². The molecule has 54 valence electrons. The van der Waals surface area contributed by atoms with Crippen molar-refractivity contribution in [3.05, 3.63) is 12.7 Å². The number of hydrogen-bond acceptors (Lipinski definition) is 3. The summed E-state index contributed by atoms with van der Waals surface area (Å²) in [5, 5.41) is 0. The summed E-state index contributed by atoms with van der Waals surface area (Å²) in [5.41, 5.74) is 5.42. The van der Waals surface area contributed by atoms with Crippen molar-refractivity contribution in [2.45, 2.75) is 12.3 Å². The van der Waals surface area contributed by atoms with Crippen LogP contribution in [0.4, 0.5) is 0 Å². The molecule has 0 aromatic carbocycles. The Morgan fingerprint density at radius 1 is 1.44 bits per heavy atom. The SMILES string of the molecule is C=CC(OC)C(N)OC. The minimum Gasteiger partial charge on any atom is -0.373 e. The molecular weight excluding hydrogens is 118 g/mol. The second-order valence-corrected chi connectivity index (χ2v) is 1.64. The second-order valence-electron chi connectivity index (χ2n) is 1.64. The van der Waals surface area contributed by atoms with Gasteiger partial charge in [-0.1, -0.05) is 6.08 Å². The van der Waals surface area contributed by atoms with Crippen molar-refractivity contribution < 1.29 is 9.47 Å². The van der Waals surface area contributed by atoms with Crippen molar-refractivity contribution >= 4 is 0 Å². The van der Waals surface area contributed by atoms with Crippen LogP contribution in [0.15, 0.2) is 12.7 Å². The van der Waals surface area contributed by atoms with E-state index in [9.17, 15) is 0 Å². The molecule has 2 N–H and O–H groups in total. The number of nitrogens with two attached hydrogens (primary N) is 1. The van der Waals surface area contributed by atoms with E-state index in [1.54, 1.807) is 13.2 Å². The minimum atomic E-state index is -0.410. The van der Waals surface area contributed by atoms with Crippen LogP contribution < -0.4 is 5.73 Å². The highest BCUT2D eigenvalue weighted by Gasteiger charge is 2.10. The molecule has 0 radical (unpaired) electrons. The number of methoxy groups -OCH3 is 2. The van der Waals surface area contributed by atoms with Gasteiger partial charge in [-0.25, -0.2) is 0 Å². The molecule has 0 aliphatic carbocycles. The van der Waals surface area contributed by atoms with E-state index in [-0.39, 0.29) is 6.10 Å². The van der Waals surface area contributed by atoms with E-state index in [2.05, 4.69) is 6.58 Å². The van der Waals surface area contributed by atoms with Crippen molar-refractivity contribution in [3.63, 3.8) is 0 Å². The fourth-order valence-corrected chi connectivity index (χ4v) is 0.499. The lowest BCUT2D eigenvalue weighted by Gasteiger charge is -2.16. The molecule has 2 atom stereocenters. The van der Waals surface area contributed by atoms with Gasteiger partial charge < -0.3 is 15.2 Å². The number of ether oxygens (including phenoxy) is 2. The van der Waals surface area contributed by atoms with E-state index in [1.165, 1.54) is 7.11 Å². The molecule has 3 heteroatoms. The van der Waals surface area contributed by atoms with Crippen LogP contribution in [0.1, 0.15) is 0 Å². The third-order valence-electron chi connectivity index (χ3n) is 1.10. The molecule has 0 spiro atoms. The van der Waals surface area contributed by atoms with Crippen LogP contribution in [0.25, 0.3) is 0 Å². The van der Waals surface area contributed by atoms with Crippen molar-refractivity contribution in [2.24, 2.45) is 5.73 Å². The molecule has 0 aliphatic heterocycles. The van der Waals surface area contributed by atoms with Crippen LogP contribution in [-0.2, 0) is 9.47 Å². The molecule has 0 rings (SSSR count). The summed E-state index contributed by atoms with van der Waals surface area (Å²) in [7, 11) is 3.09. The summed E-state index contributed by atoms with van der Waals surface area (Å²) in [6.07, 6.45) is 0.983. The fraction of sp³-hybridized carbons (Fsp3) is 0.667. The largest absolute Gasteiger partial charge is 0.373 e. The first-order valence-corrected chi connectivity index (χ1v) is 2.70. The van der Waals surface area contributed by atoms with Crippen LogP contribution in [0.3, 0.4) is 0 Å². The predicted molar refractivity (Wildman–Crippen MR) is 36.0 cm³/mol. The van der Waals surface area contributed by atoms with E-state index in [4.69, 9.17) is 15.2 Å². The Labute approximate surface area is 55.4 Å². The Morgan fingerprint density at radius 3 is 2.11 bits per heavy atom. The van der Waals surface area contributed by atoms with Crippen molar-refractivity contribution in [1.29, 1.82) is 0 Å². The zero-order valence-corrected chi connectivity index (χ0v) is 5.83. The topological polar surface area (TPSA) is 44.5 Å². The van der Waals surface area contributed by atoms with E-state index in [0.29, 0.717) is 0 Å². The normalized spacial score (nSPS) is 16.8. The summed E-state index contributed by atoms with van der Waals surface area (Å²) in [6.45, 7) is 3.52. The zero-order chi connectivity index (χ0) is 7.28. The third kappa shape index (κ3) is 2.60. The molecule has 0 aromatic heterocycles. The highest BCUT2D eigenvalue weighted by molar-refractivity contribution is 4.83. The quantitative estimate of drug-likeness (QED) is 0.435. The summed E-state index contributed by atoms with van der Waals surface area (Å²) in [6, 6.07) is 0. The Balaban J connectivity index is 3.63. The Kier molecular flexibility index (Phi) is 4.30. The van der Waals surface area contributed by atoms with Gasteiger partial charge in [0, 0.05) is 14.2 Å². The molecule has 2 unspecified atom stereocenters. The first-order chi connectivity index (χ1) is 4.26. The molecule has 0 saturated carbocycles. The van der Waals surface area contributed by atoms with Crippen LogP contribution in [0.5, 0.6) is 0 Å². The predicted octanol–water partition coefficient (Wildman–Crippen LogP) is 0.119. The monoisotopic (exact) mass is 131 g/mol. The Hall–Kier alpha value is -0.380. The maximum atomic E-state index is 5.42. The standard InChI is InChI=1S/C6H13NO2/c1-4-5(8-2)6(7)9-3/h4-6H,1,7H2,2-3H3. The van der Waals surface area contributed by atoms with Crippen LogP contribution in [0, 0.1) is 0 Å². The lowest BCUT2D eigenvalue weighted by Crippen LogP contribution is -2.36. The number of rotatable bonds is 4. The smallest absolute Gasteiger partial charge is 0.135 e. The van der Waals surface area contributed by atoms with Gasteiger partial charge in [-0.05, 0) is 0 Å². The molecule has 0 amide bonds. The van der Waals surface area contributed by atoms with Gasteiger partial charge in [-0.15, -0.1) is 6.58 Å². The maximum absolute atomic E-state index is 5.42. The molecule has 0 bridgehead atoms. The second kappa shape index (κ2) is 4.49. The van der Waals surface area contributed by atoms with Crippen molar-refractivity contribution in [2.75, 3.05) is 14.2 Å². The van der Waals surface area contributed by atoms with E-state index in [0.717, 1.165) is 0 Å². The molecule has 0 heterocycles. The molecule has 3 nitrogen and oxygen atoms in total. The number of hydrogen-bond donors (Lipinski definition) is 1. The average molecular weight is 131 g/mol. The first-order valence-electron chi connectivity index (χ1n) is 2.70. The Bertz CT molecular complexity index is 85.1. The lowest BCUT2D eigenvalue weighted by atomic mass is 10.3. The molecule has 0 saturated heterocycles. The third-order valence-corrected chi connectivity index (χ3v) is 1.10. The van der Waals surface area contributed by atoms with Crippen molar-refractivity contribution in [3.8, 4) is 0 Å². The van der Waals surface area contributed by atoms with Gasteiger partial charge in [-0.3, -0.25) is 0 Å². The van der Waals surface area contributed by atoms with Gasteiger partial charge >= 0.3 is 0 Å². The summed E-state index contributed by atoms with van der Waals surface area (Å²) in [5.74, 6) is 0. The summed E-state index contributed by atoms with van der Waals surface area (Å²) < 4.78 is 9.66. The molecule has 9 heavy (non-hydrogen) atoms. The Morgan fingerprint density at radius 2 is 2.00 bits per heavy atom. The van der Waals surface area contributed by atoms with Gasteiger partial charge in [0.25, 0.3) is 0 Å². The molecule has 0 fully saturated rings. The minimum absolute atomic E-state index is 0.213. The van der Waals surface area contributed by atoms with Gasteiger partial charge in [0.2, 0.25) is 0 Å². The van der Waals surface area contributed by atoms with Gasteiger partial charge in [0.1, 0.15) is 12.3 Å². The zero-order valence-electron chi connectivity index (χ0n) is 5.83. The highest BCUT2D eigenvalue weighted by atomic mass is 16.5. The van der Waals surface area contributed by atoms with Gasteiger partial charge in [0.15, 0.2) is 0 Å². The lowest BCUT2D eigenvalue weighted by molar-refractivity contribution is -0.00726. The fourth-order valence-electron chi connectivity index (χ4n) is 0.499.